The van der Waals surface area contributed by atoms with Gasteiger partial charge in [-0.25, -0.2) is 9.97 Å². The van der Waals surface area contributed by atoms with Crippen LogP contribution < -0.4 is 5.73 Å². The van der Waals surface area contributed by atoms with E-state index >= 15 is 0 Å². The fraction of sp³-hybridized carbons (Fsp3) is 0.556. The second-order valence-corrected chi connectivity index (χ2v) is 3.10. The summed E-state index contributed by atoms with van der Waals surface area (Å²) in [6.45, 7) is 4.79. The maximum atomic E-state index is 5.75. The fourth-order valence-corrected chi connectivity index (χ4v) is 1.29. The molecule has 0 aliphatic rings. The van der Waals surface area contributed by atoms with Gasteiger partial charge < -0.3 is 15.2 Å². The molecular formula is C9H14ClN3O2. The van der Waals surface area contributed by atoms with Gasteiger partial charge in [-0.1, -0.05) is 11.6 Å². The van der Waals surface area contributed by atoms with Gasteiger partial charge in [-0.05, 0) is 13.8 Å². The summed E-state index contributed by atoms with van der Waals surface area (Å²) < 4.78 is 10.7. The first kappa shape index (κ1) is 12.2. The number of halogens is 1. The standard InChI is InChI=1S/C9H14ClN3O2/c1-3-14-8(15-4-2)6-5-7(10)13-9(11)12-6/h5,8H,3-4H2,1-2H3,(H2,11,12,13). The summed E-state index contributed by atoms with van der Waals surface area (Å²) in [4.78, 5) is 7.76. The minimum Gasteiger partial charge on any atom is -0.368 e. The third-order valence-corrected chi connectivity index (χ3v) is 1.80. The molecule has 0 aliphatic heterocycles. The Kier molecular flexibility index (Phi) is 4.74. The Morgan fingerprint density at radius 3 is 2.40 bits per heavy atom. The van der Waals surface area contributed by atoms with Crippen molar-refractivity contribution in [1.29, 1.82) is 0 Å². The topological polar surface area (TPSA) is 70.3 Å². The summed E-state index contributed by atoms with van der Waals surface area (Å²) in [6.07, 6.45) is -0.539. The molecule has 0 aliphatic carbocycles. The highest BCUT2D eigenvalue weighted by molar-refractivity contribution is 6.29. The molecule has 1 aromatic heterocycles. The number of rotatable bonds is 5. The van der Waals surface area contributed by atoms with Gasteiger partial charge in [-0.3, -0.25) is 0 Å². The SMILES string of the molecule is CCOC(OCC)c1cc(Cl)nc(N)n1. The van der Waals surface area contributed by atoms with Crippen LogP contribution in [0.5, 0.6) is 0 Å². The van der Waals surface area contributed by atoms with Crippen LogP contribution >= 0.6 is 11.6 Å². The van der Waals surface area contributed by atoms with Gasteiger partial charge in [-0.15, -0.1) is 0 Å². The molecule has 0 saturated heterocycles. The molecule has 0 aromatic carbocycles. The van der Waals surface area contributed by atoms with Crippen LogP contribution in [0.25, 0.3) is 0 Å². The average molecular weight is 232 g/mol. The van der Waals surface area contributed by atoms with Gasteiger partial charge in [0.25, 0.3) is 0 Å². The summed E-state index contributed by atoms with van der Waals surface area (Å²) in [7, 11) is 0. The summed E-state index contributed by atoms with van der Waals surface area (Å²) in [5, 5.41) is 0.280. The molecule has 1 aromatic rings. The molecule has 0 saturated carbocycles. The summed E-state index contributed by atoms with van der Waals surface area (Å²) in [5.41, 5.74) is 6.01. The van der Waals surface area contributed by atoms with Gasteiger partial charge in [0, 0.05) is 19.3 Å². The van der Waals surface area contributed by atoms with Crippen molar-refractivity contribution in [2.24, 2.45) is 0 Å². The lowest BCUT2D eigenvalue weighted by Gasteiger charge is -2.16. The van der Waals surface area contributed by atoms with Gasteiger partial charge in [0.05, 0.1) is 0 Å². The molecule has 5 nitrogen and oxygen atoms in total. The second-order valence-electron chi connectivity index (χ2n) is 2.72. The summed E-state index contributed by atoms with van der Waals surface area (Å²) in [5.74, 6) is 0.113. The number of nitrogens with two attached hydrogens (primary N) is 1. The van der Waals surface area contributed by atoms with Crippen molar-refractivity contribution in [2.75, 3.05) is 18.9 Å². The van der Waals surface area contributed by atoms with Crippen LogP contribution in [-0.2, 0) is 9.47 Å². The first-order chi connectivity index (χ1) is 7.17. The Bertz CT molecular complexity index is 296. The first-order valence-electron chi connectivity index (χ1n) is 4.70. The highest BCUT2D eigenvalue weighted by Gasteiger charge is 2.14. The molecular weight excluding hydrogens is 218 g/mol. The average Bonchev–Trinajstić information content (AvgIpc) is 2.16. The van der Waals surface area contributed by atoms with E-state index in [1.807, 2.05) is 13.8 Å². The molecule has 1 heterocycles. The highest BCUT2D eigenvalue weighted by atomic mass is 35.5. The second kappa shape index (κ2) is 5.85. The van der Waals surface area contributed by atoms with Crippen LogP contribution in [0.3, 0.4) is 0 Å². The molecule has 0 radical (unpaired) electrons. The van der Waals surface area contributed by atoms with Gasteiger partial charge >= 0.3 is 0 Å². The van der Waals surface area contributed by atoms with Crippen LogP contribution in [-0.4, -0.2) is 23.2 Å². The number of nitrogens with zero attached hydrogens (tertiary/aromatic N) is 2. The number of hydrogen-bond acceptors (Lipinski definition) is 5. The number of anilines is 1. The van der Waals surface area contributed by atoms with Crippen LogP contribution in [0.15, 0.2) is 6.07 Å². The Balaban J connectivity index is 2.88. The Hall–Kier alpha value is -0.910. The van der Waals surface area contributed by atoms with Crippen LogP contribution in [0.2, 0.25) is 5.15 Å². The van der Waals surface area contributed by atoms with Crippen molar-refractivity contribution in [2.45, 2.75) is 20.1 Å². The van der Waals surface area contributed by atoms with Crippen LogP contribution in [0.4, 0.5) is 5.95 Å². The fourth-order valence-electron chi connectivity index (χ4n) is 1.10. The van der Waals surface area contributed by atoms with E-state index in [4.69, 9.17) is 26.8 Å². The number of aromatic nitrogens is 2. The molecule has 0 unspecified atom stereocenters. The quantitative estimate of drug-likeness (QED) is 0.618. The molecule has 1 rings (SSSR count). The molecule has 2 N–H and O–H groups in total. The molecule has 0 amide bonds. The minimum atomic E-state index is -0.539. The zero-order chi connectivity index (χ0) is 11.3. The van der Waals surface area contributed by atoms with Crippen LogP contribution in [0.1, 0.15) is 25.8 Å². The van der Waals surface area contributed by atoms with Crippen molar-refractivity contribution in [1.82, 2.24) is 9.97 Å². The van der Waals surface area contributed by atoms with Crippen LogP contribution in [0, 0.1) is 0 Å². The molecule has 84 valence electrons. The molecule has 0 bridgehead atoms. The van der Waals surface area contributed by atoms with Crippen molar-refractivity contribution in [3.8, 4) is 0 Å². The lowest BCUT2D eigenvalue weighted by Crippen LogP contribution is -2.12. The normalized spacial score (nSPS) is 10.9. The van der Waals surface area contributed by atoms with E-state index in [0.29, 0.717) is 18.9 Å². The monoisotopic (exact) mass is 231 g/mol. The van der Waals surface area contributed by atoms with Gasteiger partial charge in [0.15, 0.2) is 0 Å². The largest absolute Gasteiger partial charge is 0.368 e. The van der Waals surface area contributed by atoms with E-state index in [-0.39, 0.29) is 11.1 Å². The maximum Gasteiger partial charge on any atom is 0.221 e. The van der Waals surface area contributed by atoms with Crippen molar-refractivity contribution in [3.63, 3.8) is 0 Å². The van der Waals surface area contributed by atoms with E-state index in [2.05, 4.69) is 9.97 Å². The van der Waals surface area contributed by atoms with Crippen molar-refractivity contribution >= 4 is 17.5 Å². The van der Waals surface area contributed by atoms with E-state index in [9.17, 15) is 0 Å². The third kappa shape index (κ3) is 3.62. The lowest BCUT2D eigenvalue weighted by atomic mass is 10.4. The highest BCUT2D eigenvalue weighted by Crippen LogP contribution is 2.20. The molecule has 6 heteroatoms. The van der Waals surface area contributed by atoms with Gasteiger partial charge in [-0.2, -0.15) is 0 Å². The Labute approximate surface area is 93.6 Å². The molecule has 0 fully saturated rings. The van der Waals surface area contributed by atoms with E-state index in [1.165, 1.54) is 0 Å². The Morgan fingerprint density at radius 1 is 1.33 bits per heavy atom. The predicted molar refractivity (Wildman–Crippen MR) is 57.4 cm³/mol. The third-order valence-electron chi connectivity index (χ3n) is 1.61. The predicted octanol–water partition coefficient (Wildman–Crippen LogP) is 1.78. The van der Waals surface area contributed by atoms with Crippen molar-refractivity contribution < 1.29 is 9.47 Å². The number of ether oxygens (including phenoxy) is 2. The first-order valence-corrected chi connectivity index (χ1v) is 5.08. The number of nitrogen functional groups attached to an aromatic ring is 1. The maximum absolute atomic E-state index is 5.75. The minimum absolute atomic E-state index is 0.113. The van der Waals surface area contributed by atoms with Gasteiger partial charge in [0.1, 0.15) is 10.8 Å². The zero-order valence-corrected chi connectivity index (χ0v) is 9.49. The van der Waals surface area contributed by atoms with Gasteiger partial charge in [0.2, 0.25) is 12.2 Å². The molecule has 15 heavy (non-hydrogen) atoms. The summed E-state index contributed by atoms with van der Waals surface area (Å²) >= 11 is 5.75. The van der Waals surface area contributed by atoms with E-state index in [0.717, 1.165) is 0 Å². The van der Waals surface area contributed by atoms with E-state index < -0.39 is 6.29 Å². The number of hydrogen-bond donors (Lipinski definition) is 1. The zero-order valence-electron chi connectivity index (χ0n) is 8.74. The Morgan fingerprint density at radius 2 is 1.93 bits per heavy atom. The van der Waals surface area contributed by atoms with E-state index in [1.54, 1.807) is 6.07 Å². The van der Waals surface area contributed by atoms with Crippen molar-refractivity contribution in [3.05, 3.63) is 16.9 Å². The molecule has 0 spiro atoms. The lowest BCUT2D eigenvalue weighted by molar-refractivity contribution is -0.142. The smallest absolute Gasteiger partial charge is 0.221 e. The molecule has 0 atom stereocenters. The summed E-state index contributed by atoms with van der Waals surface area (Å²) in [6, 6.07) is 1.58.